The minimum absolute atomic E-state index is 0.0741. The van der Waals surface area contributed by atoms with Crippen LogP contribution in [0.4, 0.5) is 0 Å². The zero-order valence-electron chi connectivity index (χ0n) is 11.5. The summed E-state index contributed by atoms with van der Waals surface area (Å²) in [4.78, 5) is 11.4. The molecule has 0 saturated carbocycles. The van der Waals surface area contributed by atoms with Crippen molar-refractivity contribution in [1.29, 1.82) is 0 Å². The zero-order valence-corrected chi connectivity index (χ0v) is 11.5. The van der Waals surface area contributed by atoms with Gasteiger partial charge in [0.2, 0.25) is 0 Å². The summed E-state index contributed by atoms with van der Waals surface area (Å²) in [5.74, 6) is 0.266. The number of ether oxygens (including phenoxy) is 1. The quantitative estimate of drug-likeness (QED) is 0.641. The summed E-state index contributed by atoms with van der Waals surface area (Å²) in [5, 5.41) is 0. The second kappa shape index (κ2) is 8.73. The van der Waals surface area contributed by atoms with E-state index >= 15 is 0 Å². The highest BCUT2D eigenvalue weighted by molar-refractivity contribution is 5.69. The van der Waals surface area contributed by atoms with E-state index in [1.165, 1.54) is 18.4 Å². The summed E-state index contributed by atoms with van der Waals surface area (Å²) in [6.45, 7) is 4.70. The Hall–Kier alpha value is -1.31. The molecule has 0 bridgehead atoms. The van der Waals surface area contributed by atoms with Crippen molar-refractivity contribution in [2.45, 2.75) is 51.9 Å². The maximum atomic E-state index is 11.4. The number of carbonyl (C=O) groups excluding carboxylic acids is 1. The maximum Gasteiger partial charge on any atom is 0.305 e. The van der Waals surface area contributed by atoms with E-state index in [9.17, 15) is 4.79 Å². The van der Waals surface area contributed by atoms with E-state index in [1.807, 2.05) is 25.1 Å². The van der Waals surface area contributed by atoms with Gasteiger partial charge in [-0.2, -0.15) is 0 Å². The summed E-state index contributed by atoms with van der Waals surface area (Å²) < 4.78 is 5.36. The summed E-state index contributed by atoms with van der Waals surface area (Å²) in [5.41, 5.74) is 1.27. The van der Waals surface area contributed by atoms with Crippen LogP contribution >= 0.6 is 0 Å². The third-order valence-electron chi connectivity index (χ3n) is 3.08. The third kappa shape index (κ3) is 5.35. The van der Waals surface area contributed by atoms with E-state index in [0.29, 0.717) is 18.9 Å². The normalized spacial score (nSPS) is 12.1. The Balaban J connectivity index is 2.53. The lowest BCUT2D eigenvalue weighted by atomic mass is 9.94. The Labute approximate surface area is 110 Å². The van der Waals surface area contributed by atoms with Gasteiger partial charge in [-0.3, -0.25) is 4.79 Å². The van der Waals surface area contributed by atoms with E-state index in [4.69, 9.17) is 4.74 Å². The number of benzene rings is 1. The van der Waals surface area contributed by atoms with Crippen LogP contribution in [0, 0.1) is 0 Å². The van der Waals surface area contributed by atoms with Gasteiger partial charge in [0.1, 0.15) is 0 Å². The molecular weight excluding hydrogens is 224 g/mol. The van der Waals surface area contributed by atoms with Gasteiger partial charge in [-0.25, -0.2) is 0 Å². The monoisotopic (exact) mass is 248 g/mol. The molecule has 1 aromatic carbocycles. The van der Waals surface area contributed by atoms with Gasteiger partial charge in [0.05, 0.1) is 6.61 Å². The molecule has 0 aliphatic rings. The molecule has 1 rings (SSSR count). The Morgan fingerprint density at radius 2 is 1.89 bits per heavy atom. The standard InChI is InChI=1S/C16H24O2/c1-3-5-10-15(13-18-16(17)9-4-2)14-11-7-6-8-12-14/h6-8,11-12,15H,3-5,9-10,13H2,1-2H3. The van der Waals surface area contributed by atoms with Crippen molar-refractivity contribution in [1.82, 2.24) is 0 Å². The van der Waals surface area contributed by atoms with Gasteiger partial charge in [0.15, 0.2) is 0 Å². The van der Waals surface area contributed by atoms with Crippen molar-refractivity contribution in [2.75, 3.05) is 6.61 Å². The molecule has 2 nitrogen and oxygen atoms in total. The smallest absolute Gasteiger partial charge is 0.305 e. The van der Waals surface area contributed by atoms with Crippen LogP contribution in [0.15, 0.2) is 30.3 Å². The fourth-order valence-corrected chi connectivity index (χ4v) is 1.99. The highest BCUT2D eigenvalue weighted by Crippen LogP contribution is 2.22. The molecule has 1 aromatic rings. The molecule has 0 amide bonds. The number of unbranched alkanes of at least 4 members (excludes halogenated alkanes) is 1. The predicted molar refractivity (Wildman–Crippen MR) is 74.6 cm³/mol. The minimum atomic E-state index is -0.0741. The second-order valence-electron chi connectivity index (χ2n) is 4.68. The van der Waals surface area contributed by atoms with Crippen molar-refractivity contribution in [3.63, 3.8) is 0 Å². The lowest BCUT2D eigenvalue weighted by Crippen LogP contribution is -2.12. The molecule has 0 aliphatic carbocycles. The fraction of sp³-hybridized carbons (Fsp3) is 0.562. The van der Waals surface area contributed by atoms with Crippen LogP contribution in [-0.4, -0.2) is 12.6 Å². The second-order valence-corrected chi connectivity index (χ2v) is 4.68. The molecule has 0 fully saturated rings. The van der Waals surface area contributed by atoms with Crippen LogP contribution in [0.3, 0.4) is 0 Å². The van der Waals surface area contributed by atoms with Crippen LogP contribution in [-0.2, 0) is 9.53 Å². The first kappa shape index (κ1) is 14.7. The van der Waals surface area contributed by atoms with E-state index in [-0.39, 0.29) is 5.97 Å². The number of hydrogen-bond acceptors (Lipinski definition) is 2. The molecule has 0 saturated heterocycles. The van der Waals surface area contributed by atoms with Crippen LogP contribution in [0.5, 0.6) is 0 Å². The molecule has 0 aliphatic heterocycles. The molecule has 0 radical (unpaired) electrons. The van der Waals surface area contributed by atoms with E-state index in [1.54, 1.807) is 0 Å². The number of esters is 1. The molecule has 18 heavy (non-hydrogen) atoms. The first-order chi connectivity index (χ1) is 8.77. The predicted octanol–water partition coefficient (Wildman–Crippen LogP) is 4.30. The van der Waals surface area contributed by atoms with Crippen molar-refractivity contribution in [3.8, 4) is 0 Å². The van der Waals surface area contributed by atoms with Crippen molar-refractivity contribution in [2.24, 2.45) is 0 Å². The Kier molecular flexibility index (Phi) is 7.16. The maximum absolute atomic E-state index is 11.4. The molecule has 0 spiro atoms. The topological polar surface area (TPSA) is 26.3 Å². The van der Waals surface area contributed by atoms with Crippen molar-refractivity contribution >= 4 is 5.97 Å². The number of rotatable bonds is 8. The molecule has 1 atom stereocenters. The summed E-state index contributed by atoms with van der Waals surface area (Å²) in [6, 6.07) is 10.3. The summed E-state index contributed by atoms with van der Waals surface area (Å²) in [7, 11) is 0. The SMILES string of the molecule is CCCCC(COC(=O)CCC)c1ccccc1. The van der Waals surface area contributed by atoms with Gasteiger partial charge in [0, 0.05) is 12.3 Å². The average Bonchev–Trinajstić information content (AvgIpc) is 2.40. The fourth-order valence-electron chi connectivity index (χ4n) is 1.99. The van der Waals surface area contributed by atoms with Gasteiger partial charge < -0.3 is 4.74 Å². The summed E-state index contributed by atoms with van der Waals surface area (Å²) >= 11 is 0. The molecule has 2 heteroatoms. The van der Waals surface area contributed by atoms with Crippen LogP contribution in [0.25, 0.3) is 0 Å². The minimum Gasteiger partial charge on any atom is -0.465 e. The van der Waals surface area contributed by atoms with Crippen molar-refractivity contribution < 1.29 is 9.53 Å². The Bertz CT molecular complexity index is 332. The summed E-state index contributed by atoms with van der Waals surface area (Å²) in [6.07, 6.45) is 4.80. The average molecular weight is 248 g/mol. The van der Waals surface area contributed by atoms with Gasteiger partial charge in [-0.15, -0.1) is 0 Å². The highest BCUT2D eigenvalue weighted by atomic mass is 16.5. The van der Waals surface area contributed by atoms with Crippen LogP contribution in [0.2, 0.25) is 0 Å². The molecule has 0 aromatic heterocycles. The molecule has 100 valence electrons. The molecule has 0 heterocycles. The van der Waals surface area contributed by atoms with E-state index in [2.05, 4.69) is 19.1 Å². The zero-order chi connectivity index (χ0) is 13.2. The Morgan fingerprint density at radius 3 is 2.50 bits per heavy atom. The molecular formula is C16H24O2. The first-order valence-electron chi connectivity index (χ1n) is 6.98. The van der Waals surface area contributed by atoms with Crippen molar-refractivity contribution in [3.05, 3.63) is 35.9 Å². The highest BCUT2D eigenvalue weighted by Gasteiger charge is 2.13. The van der Waals surface area contributed by atoms with Gasteiger partial charge in [0.25, 0.3) is 0 Å². The first-order valence-corrected chi connectivity index (χ1v) is 6.98. The van der Waals surface area contributed by atoms with Crippen LogP contribution in [0.1, 0.15) is 57.4 Å². The van der Waals surface area contributed by atoms with Gasteiger partial charge >= 0.3 is 5.97 Å². The molecule has 0 N–H and O–H groups in total. The largest absolute Gasteiger partial charge is 0.465 e. The van der Waals surface area contributed by atoms with Crippen LogP contribution < -0.4 is 0 Å². The Morgan fingerprint density at radius 1 is 1.17 bits per heavy atom. The number of hydrogen-bond donors (Lipinski definition) is 0. The van der Waals surface area contributed by atoms with Gasteiger partial charge in [-0.1, -0.05) is 57.0 Å². The van der Waals surface area contributed by atoms with E-state index in [0.717, 1.165) is 12.8 Å². The number of carbonyl (C=O) groups is 1. The molecule has 1 unspecified atom stereocenters. The van der Waals surface area contributed by atoms with Gasteiger partial charge in [-0.05, 0) is 18.4 Å². The lowest BCUT2D eigenvalue weighted by molar-refractivity contribution is -0.144. The van der Waals surface area contributed by atoms with E-state index < -0.39 is 0 Å². The lowest BCUT2D eigenvalue weighted by Gasteiger charge is -2.17. The third-order valence-corrected chi connectivity index (χ3v) is 3.08.